The smallest absolute Gasteiger partial charge is 0.158 e. The number of benzene rings is 1. The molecule has 0 atom stereocenters. The summed E-state index contributed by atoms with van der Waals surface area (Å²) >= 11 is 0. The van der Waals surface area contributed by atoms with E-state index < -0.39 is 0 Å². The zero-order valence-electron chi connectivity index (χ0n) is 11.0. The van der Waals surface area contributed by atoms with Crippen molar-refractivity contribution in [2.45, 2.75) is 13.5 Å². The van der Waals surface area contributed by atoms with Crippen LogP contribution in [0.2, 0.25) is 0 Å². The van der Waals surface area contributed by atoms with Gasteiger partial charge < -0.3 is 10.1 Å². The average molecular weight is 246 g/mol. The fraction of sp³-hybridized carbons (Fsp3) is 0.385. The van der Waals surface area contributed by atoms with Gasteiger partial charge in [-0.15, -0.1) is 0 Å². The van der Waals surface area contributed by atoms with Crippen molar-refractivity contribution in [2.75, 3.05) is 13.7 Å². The molecule has 1 heterocycles. The molecule has 0 amide bonds. The van der Waals surface area contributed by atoms with Gasteiger partial charge in [0.25, 0.3) is 0 Å². The van der Waals surface area contributed by atoms with Crippen LogP contribution in [0.5, 0.6) is 5.75 Å². The molecule has 1 aromatic carbocycles. The number of rotatable bonds is 5. The van der Waals surface area contributed by atoms with Crippen LogP contribution < -0.4 is 10.1 Å². The van der Waals surface area contributed by atoms with E-state index in [9.17, 15) is 0 Å². The van der Waals surface area contributed by atoms with Gasteiger partial charge in [-0.3, -0.25) is 0 Å². The van der Waals surface area contributed by atoms with Crippen molar-refractivity contribution in [2.24, 2.45) is 7.05 Å². The Balaban J connectivity index is 2.42. The second kappa shape index (κ2) is 5.64. The molecule has 1 aromatic heterocycles. The lowest BCUT2D eigenvalue weighted by Crippen LogP contribution is -2.13. The Hall–Kier alpha value is -1.88. The highest BCUT2D eigenvalue weighted by Crippen LogP contribution is 2.25. The van der Waals surface area contributed by atoms with Crippen molar-refractivity contribution in [1.29, 1.82) is 0 Å². The van der Waals surface area contributed by atoms with Crippen LogP contribution in [0.1, 0.15) is 12.5 Å². The van der Waals surface area contributed by atoms with Crippen LogP contribution in [0, 0.1) is 0 Å². The lowest BCUT2D eigenvalue weighted by molar-refractivity contribution is 0.414. The van der Waals surface area contributed by atoms with E-state index in [-0.39, 0.29) is 0 Å². The van der Waals surface area contributed by atoms with Crippen molar-refractivity contribution < 1.29 is 4.74 Å². The van der Waals surface area contributed by atoms with Crippen molar-refractivity contribution in [1.82, 2.24) is 20.1 Å². The van der Waals surface area contributed by atoms with Crippen LogP contribution in [0.25, 0.3) is 11.4 Å². The fourth-order valence-corrected chi connectivity index (χ4v) is 1.86. The molecular weight excluding hydrogens is 228 g/mol. The van der Waals surface area contributed by atoms with Crippen LogP contribution in [0.4, 0.5) is 0 Å². The molecule has 0 saturated heterocycles. The van der Waals surface area contributed by atoms with Crippen LogP contribution >= 0.6 is 0 Å². The first-order valence-corrected chi connectivity index (χ1v) is 5.98. The molecule has 0 aliphatic rings. The monoisotopic (exact) mass is 246 g/mol. The Labute approximate surface area is 107 Å². The molecule has 2 aromatic rings. The Kier molecular flexibility index (Phi) is 3.94. The van der Waals surface area contributed by atoms with Gasteiger partial charge >= 0.3 is 0 Å². The summed E-state index contributed by atoms with van der Waals surface area (Å²) in [6.07, 6.45) is 1.57. The minimum atomic E-state index is 0.788. The predicted molar refractivity (Wildman–Crippen MR) is 70.4 cm³/mol. The van der Waals surface area contributed by atoms with E-state index >= 15 is 0 Å². The summed E-state index contributed by atoms with van der Waals surface area (Å²) in [5.74, 6) is 1.72. The topological polar surface area (TPSA) is 52.0 Å². The Morgan fingerprint density at radius 3 is 2.83 bits per heavy atom. The fourth-order valence-electron chi connectivity index (χ4n) is 1.86. The van der Waals surface area contributed by atoms with Crippen molar-refractivity contribution >= 4 is 0 Å². The van der Waals surface area contributed by atoms with Gasteiger partial charge in [-0.1, -0.05) is 6.92 Å². The van der Waals surface area contributed by atoms with E-state index in [1.807, 2.05) is 25.2 Å². The van der Waals surface area contributed by atoms with E-state index in [1.165, 1.54) is 0 Å². The second-order valence-electron chi connectivity index (χ2n) is 4.01. The van der Waals surface area contributed by atoms with Crippen LogP contribution in [-0.2, 0) is 13.6 Å². The van der Waals surface area contributed by atoms with Gasteiger partial charge in [0.2, 0.25) is 0 Å². The minimum absolute atomic E-state index is 0.788. The second-order valence-corrected chi connectivity index (χ2v) is 4.01. The molecule has 0 radical (unpaired) electrons. The summed E-state index contributed by atoms with van der Waals surface area (Å²) in [6.45, 7) is 3.80. The predicted octanol–water partition coefficient (Wildman–Crippen LogP) is 1.60. The minimum Gasteiger partial charge on any atom is -0.497 e. The third kappa shape index (κ3) is 2.51. The van der Waals surface area contributed by atoms with Gasteiger partial charge in [0.15, 0.2) is 5.82 Å². The maximum absolute atomic E-state index is 5.27. The van der Waals surface area contributed by atoms with Gasteiger partial charge in [-0.25, -0.2) is 9.67 Å². The Morgan fingerprint density at radius 2 is 2.22 bits per heavy atom. The van der Waals surface area contributed by atoms with Gasteiger partial charge in [-0.2, -0.15) is 5.10 Å². The number of hydrogen-bond donors (Lipinski definition) is 1. The summed E-state index contributed by atoms with van der Waals surface area (Å²) in [5.41, 5.74) is 2.24. The Morgan fingerprint density at radius 1 is 1.39 bits per heavy atom. The summed E-state index contributed by atoms with van der Waals surface area (Å²) < 4.78 is 7.04. The molecule has 0 unspecified atom stereocenters. The highest BCUT2D eigenvalue weighted by atomic mass is 16.5. The number of nitrogens with one attached hydrogen (secondary N) is 1. The van der Waals surface area contributed by atoms with Crippen molar-refractivity contribution in [3.63, 3.8) is 0 Å². The van der Waals surface area contributed by atoms with Crippen molar-refractivity contribution in [3.8, 4) is 17.1 Å². The summed E-state index contributed by atoms with van der Waals surface area (Å²) in [5, 5.41) is 7.44. The van der Waals surface area contributed by atoms with E-state index in [0.29, 0.717) is 0 Å². The molecule has 5 heteroatoms. The molecule has 0 bridgehead atoms. The summed E-state index contributed by atoms with van der Waals surface area (Å²) in [7, 11) is 3.57. The first-order chi connectivity index (χ1) is 8.76. The number of aromatic nitrogens is 3. The van der Waals surface area contributed by atoms with Crippen molar-refractivity contribution in [3.05, 3.63) is 30.1 Å². The number of aryl methyl sites for hydroxylation is 1. The molecule has 96 valence electrons. The molecule has 0 fully saturated rings. The molecule has 1 N–H and O–H groups in total. The maximum Gasteiger partial charge on any atom is 0.158 e. The first kappa shape index (κ1) is 12.6. The molecule has 18 heavy (non-hydrogen) atoms. The van der Waals surface area contributed by atoms with Crippen LogP contribution in [0.3, 0.4) is 0 Å². The number of methoxy groups -OCH3 is 1. The Bertz CT molecular complexity index is 521. The molecule has 0 aliphatic heterocycles. The summed E-state index contributed by atoms with van der Waals surface area (Å²) in [6, 6.07) is 6.00. The third-order valence-electron chi connectivity index (χ3n) is 2.83. The first-order valence-electron chi connectivity index (χ1n) is 5.98. The maximum atomic E-state index is 5.27. The van der Waals surface area contributed by atoms with E-state index in [2.05, 4.69) is 22.3 Å². The SMILES string of the molecule is CCNCc1cc(OC)ccc1-c1ncnn1C. The lowest BCUT2D eigenvalue weighted by atomic mass is 10.1. The van der Waals surface area contributed by atoms with E-state index in [0.717, 1.165) is 35.8 Å². The molecule has 0 spiro atoms. The molecule has 0 aliphatic carbocycles. The zero-order valence-corrected chi connectivity index (χ0v) is 11.0. The highest BCUT2D eigenvalue weighted by Gasteiger charge is 2.10. The zero-order chi connectivity index (χ0) is 13.0. The molecule has 2 rings (SSSR count). The number of ether oxygens (including phenoxy) is 1. The molecular formula is C13H18N4O. The van der Waals surface area contributed by atoms with Crippen LogP contribution in [0.15, 0.2) is 24.5 Å². The van der Waals surface area contributed by atoms with E-state index in [4.69, 9.17) is 4.74 Å². The normalized spacial score (nSPS) is 10.6. The standard InChI is InChI=1S/C13H18N4O/c1-4-14-8-10-7-11(18-3)5-6-12(10)13-15-9-16-17(13)2/h5-7,9,14H,4,8H2,1-3H3. The van der Waals surface area contributed by atoms with Crippen LogP contribution in [-0.4, -0.2) is 28.4 Å². The number of nitrogens with zero attached hydrogens (tertiary/aromatic N) is 3. The summed E-state index contributed by atoms with van der Waals surface area (Å²) in [4.78, 5) is 4.29. The van der Waals surface area contributed by atoms with Gasteiger partial charge in [0, 0.05) is 19.2 Å². The van der Waals surface area contributed by atoms with Gasteiger partial charge in [0.1, 0.15) is 12.1 Å². The van der Waals surface area contributed by atoms with E-state index in [1.54, 1.807) is 18.1 Å². The quantitative estimate of drug-likeness (QED) is 0.870. The average Bonchev–Trinajstić information content (AvgIpc) is 2.82. The molecule has 5 nitrogen and oxygen atoms in total. The molecule has 0 saturated carbocycles. The van der Waals surface area contributed by atoms with Gasteiger partial charge in [0.05, 0.1) is 7.11 Å². The third-order valence-corrected chi connectivity index (χ3v) is 2.83. The van der Waals surface area contributed by atoms with Gasteiger partial charge in [-0.05, 0) is 30.3 Å². The highest BCUT2D eigenvalue weighted by molar-refractivity contribution is 5.62. The largest absolute Gasteiger partial charge is 0.497 e. The lowest BCUT2D eigenvalue weighted by Gasteiger charge is -2.11. The number of hydrogen-bond acceptors (Lipinski definition) is 4.